The van der Waals surface area contributed by atoms with Gasteiger partial charge in [0.2, 0.25) is 5.91 Å². The summed E-state index contributed by atoms with van der Waals surface area (Å²) in [7, 11) is 0. The van der Waals surface area contributed by atoms with E-state index in [4.69, 9.17) is 0 Å². The Balaban J connectivity index is 1.45. The zero-order valence-electron chi connectivity index (χ0n) is 13.8. The number of aromatic amines is 1. The monoisotopic (exact) mass is 338 g/mol. The van der Waals surface area contributed by atoms with Crippen LogP contribution in [0.1, 0.15) is 16.8 Å². The highest BCUT2D eigenvalue weighted by molar-refractivity contribution is 7.98. The third-order valence-electron chi connectivity index (χ3n) is 4.04. The molecule has 2 N–H and O–H groups in total. The van der Waals surface area contributed by atoms with Crippen LogP contribution >= 0.6 is 11.8 Å². The standard InChI is InChI=1S/C20H22N2OS/c1-15-18(17-9-5-6-10-19(17)22-15)13-20(23)21-11-12-24-14-16-7-3-2-4-8-16/h2-10,22H,11-14H2,1H3,(H,21,23). The van der Waals surface area contributed by atoms with Crippen molar-refractivity contribution in [2.24, 2.45) is 0 Å². The molecular formula is C20H22N2OS. The summed E-state index contributed by atoms with van der Waals surface area (Å²) >= 11 is 1.84. The summed E-state index contributed by atoms with van der Waals surface area (Å²) in [4.78, 5) is 15.5. The minimum atomic E-state index is 0.0863. The lowest BCUT2D eigenvalue weighted by atomic mass is 10.1. The molecule has 0 radical (unpaired) electrons. The van der Waals surface area contributed by atoms with Gasteiger partial charge in [-0.05, 0) is 24.1 Å². The van der Waals surface area contributed by atoms with E-state index in [1.54, 1.807) is 0 Å². The highest BCUT2D eigenvalue weighted by Gasteiger charge is 2.11. The van der Waals surface area contributed by atoms with Gasteiger partial charge in [0.1, 0.15) is 0 Å². The SMILES string of the molecule is Cc1[nH]c2ccccc2c1CC(=O)NCCSCc1ccccc1. The third kappa shape index (κ3) is 4.20. The number of hydrogen-bond donors (Lipinski definition) is 2. The van der Waals surface area contributed by atoms with E-state index in [9.17, 15) is 4.79 Å². The van der Waals surface area contributed by atoms with Gasteiger partial charge in [-0.2, -0.15) is 11.8 Å². The first-order valence-electron chi connectivity index (χ1n) is 8.18. The van der Waals surface area contributed by atoms with Crippen molar-refractivity contribution >= 4 is 28.6 Å². The smallest absolute Gasteiger partial charge is 0.224 e. The normalized spacial score (nSPS) is 10.9. The van der Waals surface area contributed by atoms with E-state index in [1.165, 1.54) is 5.56 Å². The van der Waals surface area contributed by atoms with Crippen molar-refractivity contribution < 1.29 is 4.79 Å². The van der Waals surface area contributed by atoms with Crippen molar-refractivity contribution in [3.8, 4) is 0 Å². The Hall–Kier alpha value is -2.20. The molecule has 3 rings (SSSR count). The van der Waals surface area contributed by atoms with Crippen LogP contribution in [0.3, 0.4) is 0 Å². The summed E-state index contributed by atoms with van der Waals surface area (Å²) in [5.74, 6) is 1.99. The van der Waals surface area contributed by atoms with E-state index in [0.29, 0.717) is 13.0 Å². The zero-order chi connectivity index (χ0) is 16.8. The molecule has 4 heteroatoms. The maximum absolute atomic E-state index is 12.2. The molecule has 1 amide bonds. The number of aryl methyl sites for hydroxylation is 1. The van der Waals surface area contributed by atoms with E-state index in [-0.39, 0.29) is 5.91 Å². The molecule has 24 heavy (non-hydrogen) atoms. The minimum Gasteiger partial charge on any atom is -0.358 e. The number of H-pyrrole nitrogens is 1. The van der Waals surface area contributed by atoms with Crippen molar-refractivity contribution in [1.29, 1.82) is 0 Å². The topological polar surface area (TPSA) is 44.9 Å². The second-order valence-electron chi connectivity index (χ2n) is 5.84. The molecule has 0 atom stereocenters. The van der Waals surface area contributed by atoms with Gasteiger partial charge in [0.25, 0.3) is 0 Å². The van der Waals surface area contributed by atoms with Gasteiger partial charge in [-0.3, -0.25) is 4.79 Å². The second kappa shape index (κ2) is 8.06. The van der Waals surface area contributed by atoms with Crippen LogP contribution in [0.25, 0.3) is 10.9 Å². The van der Waals surface area contributed by atoms with E-state index in [1.807, 2.05) is 43.0 Å². The van der Waals surface area contributed by atoms with Crippen molar-refractivity contribution in [3.63, 3.8) is 0 Å². The molecule has 0 saturated heterocycles. The number of fused-ring (bicyclic) bond motifs is 1. The van der Waals surface area contributed by atoms with Crippen LogP contribution in [0.2, 0.25) is 0 Å². The van der Waals surface area contributed by atoms with Crippen LogP contribution in [0.5, 0.6) is 0 Å². The first kappa shape index (κ1) is 16.7. The largest absolute Gasteiger partial charge is 0.358 e. The molecule has 0 fully saturated rings. The quantitative estimate of drug-likeness (QED) is 0.638. The molecule has 0 aliphatic rings. The van der Waals surface area contributed by atoms with Crippen LogP contribution < -0.4 is 5.32 Å². The first-order valence-corrected chi connectivity index (χ1v) is 9.34. The molecule has 1 aromatic heterocycles. The first-order chi connectivity index (χ1) is 11.7. The van der Waals surface area contributed by atoms with E-state index < -0.39 is 0 Å². The summed E-state index contributed by atoms with van der Waals surface area (Å²) in [6.07, 6.45) is 0.430. The molecular weight excluding hydrogens is 316 g/mol. The van der Waals surface area contributed by atoms with Gasteiger partial charge < -0.3 is 10.3 Å². The fraction of sp³-hybridized carbons (Fsp3) is 0.250. The Morgan fingerprint density at radius 2 is 1.83 bits per heavy atom. The third-order valence-corrected chi connectivity index (χ3v) is 5.07. The second-order valence-corrected chi connectivity index (χ2v) is 6.94. The summed E-state index contributed by atoms with van der Waals surface area (Å²) in [6, 6.07) is 18.5. The van der Waals surface area contributed by atoms with Crippen LogP contribution in [0.4, 0.5) is 0 Å². The molecule has 0 aliphatic carbocycles. The maximum atomic E-state index is 12.2. The molecule has 124 valence electrons. The fourth-order valence-corrected chi connectivity index (χ4v) is 3.63. The van der Waals surface area contributed by atoms with Crippen LogP contribution in [0, 0.1) is 6.92 Å². The van der Waals surface area contributed by atoms with Gasteiger partial charge in [-0.15, -0.1) is 0 Å². The summed E-state index contributed by atoms with van der Waals surface area (Å²) in [5.41, 5.74) is 4.59. The molecule has 0 spiro atoms. The number of benzene rings is 2. The van der Waals surface area contributed by atoms with Gasteiger partial charge >= 0.3 is 0 Å². The highest BCUT2D eigenvalue weighted by Crippen LogP contribution is 2.22. The van der Waals surface area contributed by atoms with Crippen molar-refractivity contribution in [2.75, 3.05) is 12.3 Å². The summed E-state index contributed by atoms with van der Waals surface area (Å²) in [5, 5.41) is 4.17. The number of thioether (sulfide) groups is 1. The molecule has 2 aromatic carbocycles. The molecule has 1 heterocycles. The number of aromatic nitrogens is 1. The summed E-state index contributed by atoms with van der Waals surface area (Å²) in [6.45, 7) is 2.73. The predicted molar refractivity (Wildman–Crippen MR) is 102 cm³/mol. The number of amides is 1. The Kier molecular flexibility index (Phi) is 5.59. The molecule has 0 unspecified atom stereocenters. The van der Waals surface area contributed by atoms with E-state index in [0.717, 1.165) is 33.7 Å². The van der Waals surface area contributed by atoms with Crippen molar-refractivity contribution in [1.82, 2.24) is 10.3 Å². The highest BCUT2D eigenvalue weighted by atomic mass is 32.2. The van der Waals surface area contributed by atoms with E-state index >= 15 is 0 Å². The molecule has 0 saturated carbocycles. The Morgan fingerprint density at radius 3 is 2.67 bits per heavy atom. The van der Waals surface area contributed by atoms with Crippen LogP contribution in [-0.4, -0.2) is 23.2 Å². The van der Waals surface area contributed by atoms with Crippen molar-refractivity contribution in [3.05, 3.63) is 71.4 Å². The van der Waals surface area contributed by atoms with Crippen molar-refractivity contribution in [2.45, 2.75) is 19.1 Å². The number of hydrogen-bond acceptors (Lipinski definition) is 2. The van der Waals surface area contributed by atoms with Gasteiger partial charge in [-0.1, -0.05) is 48.5 Å². The molecule has 0 bridgehead atoms. The lowest BCUT2D eigenvalue weighted by molar-refractivity contribution is -0.120. The number of para-hydroxylation sites is 1. The average molecular weight is 338 g/mol. The maximum Gasteiger partial charge on any atom is 0.224 e. The van der Waals surface area contributed by atoms with Gasteiger partial charge in [0.05, 0.1) is 6.42 Å². The lowest BCUT2D eigenvalue weighted by Crippen LogP contribution is -2.27. The fourth-order valence-electron chi connectivity index (χ4n) is 2.81. The molecule has 0 aliphatic heterocycles. The van der Waals surface area contributed by atoms with E-state index in [2.05, 4.69) is 40.6 Å². The van der Waals surface area contributed by atoms with Gasteiger partial charge in [0.15, 0.2) is 0 Å². The zero-order valence-corrected chi connectivity index (χ0v) is 14.7. The minimum absolute atomic E-state index is 0.0863. The number of nitrogens with one attached hydrogen (secondary N) is 2. The average Bonchev–Trinajstić information content (AvgIpc) is 2.91. The van der Waals surface area contributed by atoms with Crippen LogP contribution in [0.15, 0.2) is 54.6 Å². The lowest BCUT2D eigenvalue weighted by Gasteiger charge is -2.06. The number of rotatable bonds is 7. The van der Waals surface area contributed by atoms with Gasteiger partial charge in [-0.25, -0.2) is 0 Å². The van der Waals surface area contributed by atoms with Gasteiger partial charge in [0, 0.05) is 34.6 Å². The summed E-state index contributed by atoms with van der Waals surface area (Å²) < 4.78 is 0. The Bertz CT molecular complexity index is 811. The number of carbonyl (C=O) groups is 1. The number of carbonyl (C=O) groups excluding carboxylic acids is 1. The molecule has 3 nitrogen and oxygen atoms in total. The predicted octanol–water partition coefficient (Wildman–Crippen LogP) is 4.07. The van der Waals surface area contributed by atoms with Crippen LogP contribution in [-0.2, 0) is 17.0 Å². The Morgan fingerprint density at radius 1 is 1.08 bits per heavy atom. The molecule has 3 aromatic rings. The Labute approximate surface area is 146 Å².